The van der Waals surface area contributed by atoms with Crippen molar-refractivity contribution in [2.45, 2.75) is 44.6 Å². The van der Waals surface area contributed by atoms with Gasteiger partial charge in [0.1, 0.15) is 18.0 Å². The molecule has 0 aliphatic carbocycles. The van der Waals surface area contributed by atoms with Crippen LogP contribution in [0.1, 0.15) is 38.2 Å². The van der Waals surface area contributed by atoms with Crippen LogP contribution in [0.15, 0.2) is 24.3 Å². The van der Waals surface area contributed by atoms with Crippen LogP contribution in [0.4, 0.5) is 5.69 Å². The van der Waals surface area contributed by atoms with Crippen molar-refractivity contribution < 1.29 is 29.0 Å². The average molecular weight is 462 g/mol. The Morgan fingerprint density at radius 1 is 1.30 bits per heavy atom. The Kier molecular flexibility index (Phi) is 8.82. The lowest BCUT2D eigenvalue weighted by atomic mass is 9.80. The molecule has 0 radical (unpaired) electrons. The van der Waals surface area contributed by atoms with Gasteiger partial charge in [-0.3, -0.25) is 19.3 Å². The van der Waals surface area contributed by atoms with Gasteiger partial charge in [-0.05, 0) is 69.7 Å². The zero-order valence-electron chi connectivity index (χ0n) is 19.3. The van der Waals surface area contributed by atoms with Gasteiger partial charge in [0, 0.05) is 12.3 Å². The molecule has 0 aromatic heterocycles. The summed E-state index contributed by atoms with van der Waals surface area (Å²) in [5.74, 6) is -2.83. The van der Waals surface area contributed by atoms with Gasteiger partial charge in [0.15, 0.2) is 0 Å². The molecule has 2 heterocycles. The molecule has 1 fully saturated rings. The number of nitrogens with zero attached hydrogens (tertiary/aromatic N) is 1. The fourth-order valence-electron chi connectivity index (χ4n) is 4.70. The summed E-state index contributed by atoms with van der Waals surface area (Å²) in [7, 11) is 0. The number of fused-ring (bicyclic) bond motifs is 1. The van der Waals surface area contributed by atoms with Gasteiger partial charge < -0.3 is 25.6 Å². The monoisotopic (exact) mass is 461 g/mol. The van der Waals surface area contributed by atoms with Gasteiger partial charge in [-0.25, -0.2) is 0 Å². The molecular formula is C24H35N3O6. The Bertz CT molecular complexity index is 841. The van der Waals surface area contributed by atoms with E-state index in [1.54, 1.807) is 19.1 Å². The van der Waals surface area contributed by atoms with Gasteiger partial charge in [-0.15, -0.1) is 0 Å². The van der Waals surface area contributed by atoms with Crippen molar-refractivity contribution in [1.82, 2.24) is 5.32 Å². The van der Waals surface area contributed by atoms with Crippen molar-refractivity contribution in [2.75, 3.05) is 44.4 Å². The number of ether oxygens (including phenoxy) is 2. The largest absolute Gasteiger partial charge is 0.480 e. The second-order valence-electron chi connectivity index (χ2n) is 8.82. The van der Waals surface area contributed by atoms with E-state index in [1.165, 1.54) is 4.90 Å². The fraction of sp³-hybridized carbons (Fsp3) is 0.625. The number of esters is 1. The van der Waals surface area contributed by atoms with E-state index in [0.717, 1.165) is 37.9 Å². The number of piperidine rings is 1. The first-order valence-corrected chi connectivity index (χ1v) is 11.7. The summed E-state index contributed by atoms with van der Waals surface area (Å²) in [6.07, 6.45) is 3.66. The van der Waals surface area contributed by atoms with E-state index in [2.05, 4.69) is 5.32 Å². The molecule has 9 nitrogen and oxygen atoms in total. The maximum Gasteiger partial charge on any atom is 0.323 e. The number of aliphatic carboxylic acids is 1. The predicted molar refractivity (Wildman–Crippen MR) is 123 cm³/mol. The number of hydrogen-bond donors (Lipinski definition) is 3. The van der Waals surface area contributed by atoms with E-state index in [1.807, 2.05) is 12.1 Å². The molecule has 2 aliphatic rings. The normalized spacial score (nSPS) is 22.4. The first kappa shape index (κ1) is 25.1. The van der Waals surface area contributed by atoms with E-state index >= 15 is 0 Å². The highest BCUT2D eigenvalue weighted by Crippen LogP contribution is 2.34. The number of carboxylic acid groups (broad SMARTS) is 1. The van der Waals surface area contributed by atoms with E-state index in [-0.39, 0.29) is 19.6 Å². The molecule has 1 aromatic carbocycles. The number of carbonyl (C=O) groups excluding carboxylic acids is 2. The Morgan fingerprint density at radius 2 is 2.03 bits per heavy atom. The zero-order valence-corrected chi connectivity index (χ0v) is 19.3. The Balaban J connectivity index is 1.80. The summed E-state index contributed by atoms with van der Waals surface area (Å²) < 4.78 is 11.1. The number of carbonyl (C=O) groups is 3. The molecule has 2 aliphatic heterocycles. The SMILES string of the molecule is CCOC(=O)[C@H](COCCC1CCNCC1)[C@@]1(N)CCc2ccccc2N(CC(=O)O)C1=O. The topological polar surface area (TPSA) is 131 Å². The van der Waals surface area contributed by atoms with E-state index in [0.29, 0.717) is 24.6 Å². The number of carboxylic acids is 1. The summed E-state index contributed by atoms with van der Waals surface area (Å²) in [6.45, 7) is 3.70. The van der Waals surface area contributed by atoms with Crippen molar-refractivity contribution >= 4 is 23.5 Å². The second-order valence-corrected chi connectivity index (χ2v) is 8.82. The standard InChI is InChI=1S/C24H35N3O6/c1-2-33-22(30)19(16-32-14-10-17-8-12-26-13-9-17)24(25)11-7-18-5-3-4-6-20(18)27(23(24)31)15-21(28)29/h3-6,17,19,26H,2,7-16,25H2,1H3,(H,28,29)/t19-,24-/m0/s1. The number of para-hydroxylation sites is 1. The van der Waals surface area contributed by atoms with Crippen LogP contribution >= 0.6 is 0 Å². The molecule has 2 atom stereocenters. The van der Waals surface area contributed by atoms with Crippen LogP contribution in [0.2, 0.25) is 0 Å². The number of aryl methyl sites for hydroxylation is 1. The minimum atomic E-state index is -1.64. The number of nitrogens with one attached hydrogen (secondary N) is 1. The Morgan fingerprint density at radius 3 is 2.73 bits per heavy atom. The van der Waals surface area contributed by atoms with Gasteiger partial charge in [-0.1, -0.05) is 18.2 Å². The van der Waals surface area contributed by atoms with Crippen molar-refractivity contribution in [3.8, 4) is 0 Å². The molecule has 0 saturated carbocycles. The molecule has 0 unspecified atom stereocenters. The maximum atomic E-state index is 13.7. The lowest BCUT2D eigenvalue weighted by Crippen LogP contribution is -2.63. The van der Waals surface area contributed by atoms with E-state index in [9.17, 15) is 19.5 Å². The average Bonchev–Trinajstić information content (AvgIpc) is 2.90. The summed E-state index contributed by atoms with van der Waals surface area (Å²) in [5, 5.41) is 12.8. The van der Waals surface area contributed by atoms with Crippen LogP contribution in [-0.4, -0.2) is 67.9 Å². The summed E-state index contributed by atoms with van der Waals surface area (Å²) >= 11 is 0. The van der Waals surface area contributed by atoms with Crippen LogP contribution in [-0.2, 0) is 30.3 Å². The Labute approximate surface area is 194 Å². The highest BCUT2D eigenvalue weighted by Gasteiger charge is 2.50. The van der Waals surface area contributed by atoms with Crippen molar-refractivity contribution in [1.29, 1.82) is 0 Å². The van der Waals surface area contributed by atoms with Crippen LogP contribution in [0, 0.1) is 11.8 Å². The highest BCUT2D eigenvalue weighted by molar-refractivity contribution is 6.06. The molecule has 182 valence electrons. The van der Waals surface area contributed by atoms with Gasteiger partial charge in [0.25, 0.3) is 0 Å². The molecule has 0 bridgehead atoms. The molecule has 1 amide bonds. The number of benzene rings is 1. The third kappa shape index (κ3) is 6.10. The third-order valence-corrected chi connectivity index (χ3v) is 6.63. The number of hydrogen-bond acceptors (Lipinski definition) is 7. The third-order valence-electron chi connectivity index (χ3n) is 6.63. The molecule has 1 saturated heterocycles. The smallest absolute Gasteiger partial charge is 0.323 e. The van der Waals surface area contributed by atoms with E-state index in [4.69, 9.17) is 15.2 Å². The second kappa shape index (κ2) is 11.6. The van der Waals surface area contributed by atoms with Gasteiger partial charge in [0.2, 0.25) is 5.91 Å². The van der Waals surface area contributed by atoms with Crippen molar-refractivity contribution in [2.24, 2.45) is 17.6 Å². The van der Waals surface area contributed by atoms with Gasteiger partial charge in [0.05, 0.1) is 13.2 Å². The summed E-state index contributed by atoms with van der Waals surface area (Å²) in [4.78, 5) is 39.3. The number of anilines is 1. The molecule has 33 heavy (non-hydrogen) atoms. The van der Waals surface area contributed by atoms with Gasteiger partial charge >= 0.3 is 11.9 Å². The summed E-state index contributed by atoms with van der Waals surface area (Å²) in [6, 6.07) is 7.13. The molecule has 1 aromatic rings. The number of nitrogens with two attached hydrogens (primary N) is 1. The zero-order chi connectivity index (χ0) is 23.8. The first-order valence-electron chi connectivity index (χ1n) is 11.7. The fourth-order valence-corrected chi connectivity index (χ4v) is 4.70. The maximum absolute atomic E-state index is 13.7. The molecule has 0 spiro atoms. The highest BCUT2D eigenvalue weighted by atomic mass is 16.5. The van der Waals surface area contributed by atoms with Crippen LogP contribution < -0.4 is 16.0 Å². The lowest BCUT2D eigenvalue weighted by molar-refractivity contribution is -0.156. The molecule has 3 rings (SSSR count). The molecule has 4 N–H and O–H groups in total. The first-order chi connectivity index (χ1) is 15.9. The minimum Gasteiger partial charge on any atom is -0.480 e. The van der Waals surface area contributed by atoms with Crippen LogP contribution in [0.3, 0.4) is 0 Å². The predicted octanol–water partition coefficient (Wildman–Crippen LogP) is 1.33. The van der Waals surface area contributed by atoms with Gasteiger partial charge in [-0.2, -0.15) is 0 Å². The van der Waals surface area contributed by atoms with Crippen molar-refractivity contribution in [3.05, 3.63) is 29.8 Å². The minimum absolute atomic E-state index is 0.0523. The number of amides is 1. The van der Waals surface area contributed by atoms with Crippen LogP contribution in [0.5, 0.6) is 0 Å². The quantitative estimate of drug-likeness (QED) is 0.351. The van der Waals surface area contributed by atoms with Crippen LogP contribution in [0.25, 0.3) is 0 Å². The van der Waals surface area contributed by atoms with E-state index < -0.39 is 35.8 Å². The van der Waals surface area contributed by atoms with Crippen molar-refractivity contribution in [3.63, 3.8) is 0 Å². The lowest BCUT2D eigenvalue weighted by Gasteiger charge is -2.36. The molecular weight excluding hydrogens is 426 g/mol. The molecule has 9 heteroatoms. The number of rotatable bonds is 10. The Hall–Kier alpha value is -2.49. The summed E-state index contributed by atoms with van der Waals surface area (Å²) in [5.41, 5.74) is 6.35.